The van der Waals surface area contributed by atoms with Gasteiger partial charge in [-0.05, 0) is 26.5 Å². The second-order valence-corrected chi connectivity index (χ2v) is 6.39. The van der Waals surface area contributed by atoms with Gasteiger partial charge in [-0.1, -0.05) is 29.8 Å². The molecule has 1 unspecified atom stereocenters. The fourth-order valence-corrected chi connectivity index (χ4v) is 2.66. The topological polar surface area (TPSA) is 90.3 Å². The van der Waals surface area contributed by atoms with Crippen molar-refractivity contribution < 1.29 is 4.79 Å². The lowest BCUT2D eigenvalue weighted by Crippen LogP contribution is -2.43. The molecule has 0 spiro atoms. The Labute approximate surface area is 146 Å². The van der Waals surface area contributed by atoms with Crippen LogP contribution in [-0.2, 0) is 14.1 Å². The molecular formula is C18H24N4O3. The number of nitrogen functional groups attached to an aromatic ring is 1. The van der Waals surface area contributed by atoms with Crippen LogP contribution >= 0.6 is 0 Å². The molecule has 1 aromatic heterocycles. The maximum Gasteiger partial charge on any atom is 0.332 e. The van der Waals surface area contributed by atoms with Gasteiger partial charge in [0.15, 0.2) is 5.78 Å². The average molecular weight is 344 g/mol. The van der Waals surface area contributed by atoms with E-state index in [4.69, 9.17) is 5.73 Å². The Bertz CT molecular complexity index is 910. The second kappa shape index (κ2) is 7.06. The van der Waals surface area contributed by atoms with Crippen LogP contribution < -0.4 is 17.0 Å². The molecule has 0 saturated heterocycles. The Morgan fingerprint density at radius 2 is 1.72 bits per heavy atom. The fraction of sp³-hybridized carbons (Fsp3) is 0.389. The second-order valence-electron chi connectivity index (χ2n) is 6.39. The van der Waals surface area contributed by atoms with Gasteiger partial charge in [0.1, 0.15) is 11.4 Å². The summed E-state index contributed by atoms with van der Waals surface area (Å²) in [7, 11) is 4.58. The number of aromatic nitrogens is 2. The molecule has 7 nitrogen and oxygen atoms in total. The predicted octanol–water partition coefficient (Wildman–Crippen LogP) is 0.850. The molecule has 0 saturated carbocycles. The van der Waals surface area contributed by atoms with Crippen molar-refractivity contribution in [2.45, 2.75) is 19.9 Å². The average Bonchev–Trinajstić information content (AvgIpc) is 2.58. The molecule has 2 aromatic rings. The number of nitrogens with two attached hydrogens (primary N) is 1. The first kappa shape index (κ1) is 18.7. The van der Waals surface area contributed by atoms with Crippen LogP contribution in [0.3, 0.4) is 0 Å². The van der Waals surface area contributed by atoms with Crippen molar-refractivity contribution in [1.82, 2.24) is 14.0 Å². The number of likely N-dealkylation sites (N-methyl/N-ethyl adjacent to an activating group) is 1. The van der Waals surface area contributed by atoms with Crippen molar-refractivity contribution in [3.8, 4) is 0 Å². The van der Waals surface area contributed by atoms with Crippen molar-refractivity contribution in [3.63, 3.8) is 0 Å². The number of Topliss-reactive ketones (excluding diaryl/α,β-unsaturated/α-hetero) is 1. The summed E-state index contributed by atoms with van der Waals surface area (Å²) in [6.07, 6.45) is 0. The lowest BCUT2D eigenvalue weighted by atomic mass is 10.0. The number of aryl methyl sites for hydroxylation is 1. The predicted molar refractivity (Wildman–Crippen MR) is 97.9 cm³/mol. The van der Waals surface area contributed by atoms with Gasteiger partial charge in [0.05, 0.1) is 6.54 Å². The van der Waals surface area contributed by atoms with E-state index in [0.29, 0.717) is 0 Å². The molecule has 2 rings (SSSR count). The first-order valence-electron chi connectivity index (χ1n) is 8.00. The molecule has 0 aliphatic carbocycles. The Kier molecular flexibility index (Phi) is 5.27. The van der Waals surface area contributed by atoms with Gasteiger partial charge in [-0.2, -0.15) is 0 Å². The van der Waals surface area contributed by atoms with E-state index < -0.39 is 17.0 Å². The monoisotopic (exact) mass is 344 g/mol. The summed E-state index contributed by atoms with van der Waals surface area (Å²) in [5.74, 6) is -0.510. The number of ketones is 1. The Morgan fingerprint density at radius 1 is 1.16 bits per heavy atom. The van der Waals surface area contributed by atoms with Gasteiger partial charge in [0.2, 0.25) is 0 Å². The zero-order chi connectivity index (χ0) is 18.9. The van der Waals surface area contributed by atoms with Crippen LogP contribution in [0.1, 0.15) is 34.5 Å². The Balaban J connectivity index is 2.29. The summed E-state index contributed by atoms with van der Waals surface area (Å²) in [6.45, 7) is 4.02. The van der Waals surface area contributed by atoms with E-state index in [2.05, 4.69) is 0 Å². The molecule has 0 bridgehead atoms. The third-order valence-corrected chi connectivity index (χ3v) is 4.60. The van der Waals surface area contributed by atoms with Crippen molar-refractivity contribution in [2.24, 2.45) is 14.1 Å². The zero-order valence-corrected chi connectivity index (χ0v) is 15.2. The minimum absolute atomic E-state index is 0.0119. The Hall–Kier alpha value is -2.67. The standard InChI is InChI=1S/C18H24N4O3/c1-11-6-8-13(9-7-11)12(2)20(3)10-14(23)15-16(19)21(4)18(25)22(5)17(15)24/h6-9,12H,10,19H2,1-5H3. The van der Waals surface area contributed by atoms with Crippen LogP contribution in [0.4, 0.5) is 5.82 Å². The molecule has 1 aromatic carbocycles. The van der Waals surface area contributed by atoms with Gasteiger partial charge < -0.3 is 5.73 Å². The fourth-order valence-electron chi connectivity index (χ4n) is 2.66. The molecule has 1 heterocycles. The number of hydrogen-bond donors (Lipinski definition) is 1. The molecule has 0 amide bonds. The van der Waals surface area contributed by atoms with Crippen molar-refractivity contribution >= 4 is 11.6 Å². The minimum atomic E-state index is -0.665. The third-order valence-electron chi connectivity index (χ3n) is 4.60. The number of anilines is 1. The van der Waals surface area contributed by atoms with Crippen LogP contribution in [0.25, 0.3) is 0 Å². The van der Waals surface area contributed by atoms with Gasteiger partial charge in [-0.25, -0.2) is 4.79 Å². The number of benzene rings is 1. The molecule has 25 heavy (non-hydrogen) atoms. The van der Waals surface area contributed by atoms with Gasteiger partial charge in [0, 0.05) is 20.1 Å². The summed E-state index contributed by atoms with van der Waals surface area (Å²) in [5, 5.41) is 0. The molecule has 134 valence electrons. The zero-order valence-electron chi connectivity index (χ0n) is 15.2. The van der Waals surface area contributed by atoms with Crippen molar-refractivity contribution in [2.75, 3.05) is 19.3 Å². The van der Waals surface area contributed by atoms with Crippen LogP contribution in [0.2, 0.25) is 0 Å². The van der Waals surface area contributed by atoms with Crippen molar-refractivity contribution in [1.29, 1.82) is 0 Å². The molecular weight excluding hydrogens is 320 g/mol. The van der Waals surface area contributed by atoms with Gasteiger partial charge in [-0.15, -0.1) is 0 Å². The van der Waals surface area contributed by atoms with Crippen molar-refractivity contribution in [3.05, 3.63) is 61.8 Å². The van der Waals surface area contributed by atoms with E-state index in [9.17, 15) is 14.4 Å². The highest BCUT2D eigenvalue weighted by Crippen LogP contribution is 2.19. The van der Waals surface area contributed by atoms with E-state index in [1.54, 1.807) is 0 Å². The SMILES string of the molecule is Cc1ccc(C(C)N(C)CC(=O)c2c(N)n(C)c(=O)n(C)c2=O)cc1. The quantitative estimate of drug-likeness (QED) is 0.812. The lowest BCUT2D eigenvalue weighted by molar-refractivity contribution is 0.0923. The van der Waals surface area contributed by atoms with Crippen LogP contribution in [-0.4, -0.2) is 33.4 Å². The van der Waals surface area contributed by atoms with Gasteiger partial charge in [0.25, 0.3) is 5.56 Å². The summed E-state index contributed by atoms with van der Waals surface area (Å²) < 4.78 is 2.00. The van der Waals surface area contributed by atoms with E-state index in [1.165, 1.54) is 14.1 Å². The first-order valence-corrected chi connectivity index (χ1v) is 8.00. The molecule has 2 N–H and O–H groups in total. The van der Waals surface area contributed by atoms with Gasteiger partial charge >= 0.3 is 5.69 Å². The lowest BCUT2D eigenvalue weighted by Gasteiger charge is -2.24. The highest BCUT2D eigenvalue weighted by atomic mass is 16.2. The molecule has 7 heteroatoms. The number of carbonyl (C=O) groups is 1. The molecule has 0 aliphatic rings. The normalized spacial score (nSPS) is 12.4. The summed E-state index contributed by atoms with van der Waals surface area (Å²) in [6, 6.07) is 8.05. The highest BCUT2D eigenvalue weighted by Gasteiger charge is 2.23. The summed E-state index contributed by atoms with van der Waals surface area (Å²) in [4.78, 5) is 38.6. The number of rotatable bonds is 5. The van der Waals surface area contributed by atoms with Gasteiger partial charge in [-0.3, -0.25) is 23.6 Å². The van der Waals surface area contributed by atoms with E-state index in [-0.39, 0.29) is 24.0 Å². The summed E-state index contributed by atoms with van der Waals surface area (Å²) in [5.41, 5.74) is 6.71. The highest BCUT2D eigenvalue weighted by molar-refractivity contribution is 6.01. The minimum Gasteiger partial charge on any atom is -0.384 e. The number of hydrogen-bond acceptors (Lipinski definition) is 5. The first-order chi connectivity index (χ1) is 11.6. The Morgan fingerprint density at radius 3 is 2.28 bits per heavy atom. The van der Waals surface area contributed by atoms with E-state index in [0.717, 1.165) is 20.3 Å². The maximum atomic E-state index is 12.7. The smallest absolute Gasteiger partial charge is 0.332 e. The third kappa shape index (κ3) is 3.56. The van der Waals surface area contributed by atoms with Crippen LogP contribution in [0.5, 0.6) is 0 Å². The van der Waals surface area contributed by atoms with Crippen LogP contribution in [0.15, 0.2) is 33.9 Å². The number of nitrogens with zero attached hydrogens (tertiary/aromatic N) is 3. The maximum absolute atomic E-state index is 12.7. The van der Waals surface area contributed by atoms with Crippen LogP contribution in [0, 0.1) is 6.92 Å². The summed E-state index contributed by atoms with van der Waals surface area (Å²) >= 11 is 0. The molecule has 1 atom stereocenters. The molecule has 0 aliphatic heterocycles. The largest absolute Gasteiger partial charge is 0.384 e. The van der Waals surface area contributed by atoms with E-state index >= 15 is 0 Å². The molecule has 0 fully saturated rings. The van der Waals surface area contributed by atoms with E-state index in [1.807, 2.05) is 50.1 Å². The number of carbonyl (C=O) groups excluding carboxylic acids is 1. The molecule has 0 radical (unpaired) electrons.